The van der Waals surface area contributed by atoms with Crippen molar-refractivity contribution in [3.63, 3.8) is 0 Å². The zero-order valence-electron chi connectivity index (χ0n) is 10.9. The van der Waals surface area contributed by atoms with E-state index in [0.717, 1.165) is 0 Å². The molecule has 1 fully saturated rings. The normalized spacial score (nSPS) is 26.2. The molecular formula is C14H17ClFNO3. The number of halogens is 2. The maximum absolute atomic E-state index is 13.3. The molecule has 20 heavy (non-hydrogen) atoms. The van der Waals surface area contributed by atoms with Crippen LogP contribution in [0.2, 0.25) is 5.02 Å². The summed E-state index contributed by atoms with van der Waals surface area (Å²) in [7, 11) is 0. The largest absolute Gasteiger partial charge is 0.481 e. The van der Waals surface area contributed by atoms with Gasteiger partial charge in [-0.2, -0.15) is 0 Å². The summed E-state index contributed by atoms with van der Waals surface area (Å²) in [5.74, 6) is -1.69. The number of hydrogen-bond acceptors (Lipinski definition) is 3. The molecule has 1 aliphatic carbocycles. The zero-order valence-corrected chi connectivity index (χ0v) is 11.7. The monoisotopic (exact) mass is 301 g/mol. The molecule has 6 heteroatoms. The molecule has 0 unspecified atom stereocenters. The van der Waals surface area contributed by atoms with Gasteiger partial charge in [-0.1, -0.05) is 11.6 Å². The lowest BCUT2D eigenvalue weighted by molar-refractivity contribution is -0.144. The summed E-state index contributed by atoms with van der Waals surface area (Å²) in [6.45, 7) is 0.264. The zero-order chi connectivity index (χ0) is 14.8. The third-order valence-corrected chi connectivity index (χ3v) is 4.11. The maximum Gasteiger partial charge on any atom is 0.306 e. The Labute approximate surface area is 121 Å². The van der Waals surface area contributed by atoms with Gasteiger partial charge in [-0.3, -0.25) is 4.79 Å². The molecule has 0 atom stereocenters. The summed E-state index contributed by atoms with van der Waals surface area (Å²) in [6, 6.07) is 4.36. The first-order valence-electron chi connectivity index (χ1n) is 6.54. The maximum atomic E-state index is 13.3. The highest BCUT2D eigenvalue weighted by Gasteiger charge is 2.35. The van der Waals surface area contributed by atoms with Gasteiger partial charge < -0.3 is 15.5 Å². The molecule has 0 aliphatic heterocycles. The van der Waals surface area contributed by atoms with Crippen LogP contribution in [0.5, 0.6) is 0 Å². The molecule has 0 saturated heterocycles. The number of carboxylic acids is 1. The number of aliphatic hydroxyl groups is 1. The molecule has 0 aromatic heterocycles. The first-order valence-corrected chi connectivity index (χ1v) is 6.91. The van der Waals surface area contributed by atoms with Crippen LogP contribution in [0.15, 0.2) is 18.2 Å². The minimum absolute atomic E-state index is 0.0521. The van der Waals surface area contributed by atoms with E-state index >= 15 is 0 Å². The molecule has 1 aliphatic rings. The molecule has 0 heterocycles. The quantitative estimate of drug-likeness (QED) is 0.800. The van der Waals surface area contributed by atoms with Crippen LogP contribution < -0.4 is 5.32 Å². The van der Waals surface area contributed by atoms with Gasteiger partial charge >= 0.3 is 5.97 Å². The fourth-order valence-corrected chi connectivity index (χ4v) is 2.57. The van der Waals surface area contributed by atoms with Gasteiger partial charge in [0.1, 0.15) is 5.82 Å². The van der Waals surface area contributed by atoms with Gasteiger partial charge in [0.25, 0.3) is 0 Å². The number of carboxylic acid groups (broad SMARTS) is 1. The van der Waals surface area contributed by atoms with Crippen LogP contribution in [0.25, 0.3) is 0 Å². The second kappa shape index (κ2) is 5.97. The predicted octanol–water partition coefficient (Wildman–Crippen LogP) is 2.90. The lowest BCUT2D eigenvalue weighted by atomic mass is 9.79. The van der Waals surface area contributed by atoms with Gasteiger partial charge in [0.05, 0.1) is 16.5 Å². The summed E-state index contributed by atoms with van der Waals surface area (Å²) in [6.07, 6.45) is 1.77. The molecule has 1 aromatic carbocycles. The predicted molar refractivity (Wildman–Crippen MR) is 74.4 cm³/mol. The highest BCUT2D eigenvalue weighted by molar-refractivity contribution is 6.30. The van der Waals surface area contributed by atoms with Crippen molar-refractivity contribution in [1.29, 1.82) is 0 Å². The number of aliphatic carboxylic acids is 1. The van der Waals surface area contributed by atoms with E-state index in [9.17, 15) is 14.3 Å². The smallest absolute Gasteiger partial charge is 0.306 e. The Morgan fingerprint density at radius 1 is 1.45 bits per heavy atom. The van der Waals surface area contributed by atoms with Crippen LogP contribution in [0, 0.1) is 11.7 Å². The van der Waals surface area contributed by atoms with Crippen molar-refractivity contribution in [1.82, 2.24) is 0 Å². The number of nitrogens with one attached hydrogen (secondary N) is 1. The number of hydrogen-bond donors (Lipinski definition) is 3. The number of benzene rings is 1. The molecule has 0 spiro atoms. The van der Waals surface area contributed by atoms with E-state index in [1.54, 1.807) is 6.07 Å². The molecular weight excluding hydrogens is 285 g/mol. The van der Waals surface area contributed by atoms with Gasteiger partial charge in [-0.05, 0) is 43.9 Å². The lowest BCUT2D eigenvalue weighted by Crippen LogP contribution is -2.41. The van der Waals surface area contributed by atoms with Crippen molar-refractivity contribution in [3.8, 4) is 0 Å². The third-order valence-electron chi connectivity index (χ3n) is 3.81. The second-order valence-corrected chi connectivity index (χ2v) is 5.73. The first kappa shape index (κ1) is 15.1. The van der Waals surface area contributed by atoms with Crippen molar-refractivity contribution in [2.24, 2.45) is 5.92 Å². The Bertz CT molecular complexity index is 501. The Hall–Kier alpha value is -1.33. The summed E-state index contributed by atoms with van der Waals surface area (Å²) in [5.41, 5.74) is -0.400. The Morgan fingerprint density at radius 2 is 2.10 bits per heavy atom. The van der Waals surface area contributed by atoms with E-state index in [1.807, 2.05) is 0 Å². The molecule has 4 nitrogen and oxygen atoms in total. The second-order valence-electron chi connectivity index (χ2n) is 5.32. The third kappa shape index (κ3) is 3.61. The number of rotatable bonds is 4. The molecule has 0 bridgehead atoms. The lowest BCUT2D eigenvalue weighted by Gasteiger charge is -2.35. The Kier molecular flexibility index (Phi) is 4.50. The van der Waals surface area contributed by atoms with Crippen molar-refractivity contribution < 1.29 is 19.4 Å². The van der Waals surface area contributed by atoms with Gasteiger partial charge in [0.2, 0.25) is 0 Å². The van der Waals surface area contributed by atoms with E-state index < -0.39 is 17.4 Å². The molecule has 2 rings (SSSR count). The highest BCUT2D eigenvalue weighted by Crippen LogP contribution is 2.32. The van der Waals surface area contributed by atoms with Gasteiger partial charge in [-0.25, -0.2) is 4.39 Å². The Morgan fingerprint density at radius 3 is 2.65 bits per heavy atom. The van der Waals surface area contributed by atoms with Gasteiger partial charge in [0.15, 0.2) is 0 Å². The SMILES string of the molecule is O=C(O)C1CCC(O)(CNc2ccc(Cl)c(F)c2)CC1. The van der Waals surface area contributed by atoms with Crippen LogP contribution in [0.3, 0.4) is 0 Å². The van der Waals surface area contributed by atoms with E-state index in [1.165, 1.54) is 12.1 Å². The molecule has 0 amide bonds. The van der Waals surface area contributed by atoms with Crippen molar-refractivity contribution >= 4 is 23.3 Å². The molecule has 1 saturated carbocycles. The molecule has 3 N–H and O–H groups in total. The van der Waals surface area contributed by atoms with Gasteiger partial charge in [0, 0.05) is 12.2 Å². The van der Waals surface area contributed by atoms with Crippen LogP contribution in [0.1, 0.15) is 25.7 Å². The average molecular weight is 302 g/mol. The summed E-state index contributed by atoms with van der Waals surface area (Å²) < 4.78 is 13.3. The first-order chi connectivity index (χ1) is 9.39. The minimum Gasteiger partial charge on any atom is -0.481 e. The number of anilines is 1. The summed E-state index contributed by atoms with van der Waals surface area (Å²) >= 11 is 5.59. The highest BCUT2D eigenvalue weighted by atomic mass is 35.5. The van der Waals surface area contributed by atoms with Gasteiger partial charge in [-0.15, -0.1) is 0 Å². The van der Waals surface area contributed by atoms with E-state index in [2.05, 4.69) is 5.32 Å². The van der Waals surface area contributed by atoms with E-state index in [-0.39, 0.29) is 17.5 Å². The van der Waals surface area contributed by atoms with Crippen LogP contribution in [-0.2, 0) is 4.79 Å². The average Bonchev–Trinajstić information content (AvgIpc) is 2.41. The fraction of sp³-hybridized carbons (Fsp3) is 0.500. The standard InChI is InChI=1S/C14H17ClFNO3/c15-11-2-1-10(7-12(11)16)17-8-14(20)5-3-9(4-6-14)13(18)19/h1-2,7,9,17,20H,3-6,8H2,(H,18,19). The number of carbonyl (C=O) groups is 1. The van der Waals surface area contributed by atoms with Crippen molar-refractivity contribution in [2.75, 3.05) is 11.9 Å². The molecule has 110 valence electrons. The van der Waals surface area contributed by atoms with Crippen LogP contribution in [-0.4, -0.2) is 28.3 Å². The van der Waals surface area contributed by atoms with Crippen LogP contribution in [0.4, 0.5) is 10.1 Å². The van der Waals surface area contributed by atoms with E-state index in [0.29, 0.717) is 31.4 Å². The van der Waals surface area contributed by atoms with Crippen LogP contribution >= 0.6 is 11.6 Å². The Balaban J connectivity index is 1.90. The fourth-order valence-electron chi connectivity index (χ4n) is 2.45. The molecule has 0 radical (unpaired) electrons. The van der Waals surface area contributed by atoms with Crippen molar-refractivity contribution in [2.45, 2.75) is 31.3 Å². The molecule has 1 aromatic rings. The summed E-state index contributed by atoms with van der Waals surface area (Å²) in [5, 5.41) is 22.3. The topological polar surface area (TPSA) is 69.6 Å². The minimum atomic E-state index is -0.942. The van der Waals surface area contributed by atoms with E-state index in [4.69, 9.17) is 16.7 Å². The summed E-state index contributed by atoms with van der Waals surface area (Å²) in [4.78, 5) is 10.9. The van der Waals surface area contributed by atoms with Crippen molar-refractivity contribution in [3.05, 3.63) is 29.0 Å².